The minimum atomic E-state index is -3.27. The lowest BCUT2D eigenvalue weighted by molar-refractivity contribution is -0.384. The number of aromatic nitrogens is 2. The van der Waals surface area contributed by atoms with Gasteiger partial charge in [0.1, 0.15) is 5.75 Å². The number of nitro groups is 1. The first-order valence-corrected chi connectivity index (χ1v) is 9.22. The normalized spacial score (nSPS) is 11.3. The minimum absolute atomic E-state index is 0.0276. The summed E-state index contributed by atoms with van der Waals surface area (Å²) < 4.78 is 33.4. The van der Waals surface area contributed by atoms with Gasteiger partial charge in [-0.3, -0.25) is 10.1 Å². The van der Waals surface area contributed by atoms with E-state index in [1.165, 1.54) is 42.5 Å². The minimum Gasteiger partial charge on any atom is -0.484 e. The van der Waals surface area contributed by atoms with E-state index < -0.39 is 14.8 Å². The highest BCUT2D eigenvalue weighted by atomic mass is 32.2. The van der Waals surface area contributed by atoms with Crippen LogP contribution in [0.4, 0.5) is 5.69 Å². The Bertz CT molecular complexity index is 1040. The highest BCUT2D eigenvalue weighted by molar-refractivity contribution is 7.90. The fourth-order valence-corrected chi connectivity index (χ4v) is 2.75. The van der Waals surface area contributed by atoms with Crippen LogP contribution in [0.25, 0.3) is 11.4 Å². The molecule has 134 valence electrons. The summed E-state index contributed by atoms with van der Waals surface area (Å²) in [5, 5.41) is 14.6. The molecule has 10 heteroatoms. The number of rotatable bonds is 6. The lowest BCUT2D eigenvalue weighted by Crippen LogP contribution is -1.98. The molecule has 0 spiro atoms. The highest BCUT2D eigenvalue weighted by Crippen LogP contribution is 2.22. The number of nitro benzene ring substituents is 1. The van der Waals surface area contributed by atoms with Gasteiger partial charge in [0.05, 0.1) is 9.82 Å². The summed E-state index contributed by atoms with van der Waals surface area (Å²) in [6.07, 6.45) is 1.12. The summed E-state index contributed by atoms with van der Waals surface area (Å²) in [6, 6.07) is 11.8. The Hall–Kier alpha value is -3.27. The van der Waals surface area contributed by atoms with Gasteiger partial charge in [-0.25, -0.2) is 8.42 Å². The van der Waals surface area contributed by atoms with Gasteiger partial charge in [-0.05, 0) is 24.3 Å². The summed E-state index contributed by atoms with van der Waals surface area (Å²) in [6.45, 7) is -0.0276. The Morgan fingerprint density at radius 3 is 2.58 bits per heavy atom. The lowest BCUT2D eigenvalue weighted by atomic mass is 10.2. The number of sulfone groups is 1. The Kier molecular flexibility index (Phi) is 4.67. The third-order valence-corrected chi connectivity index (χ3v) is 4.53. The van der Waals surface area contributed by atoms with Gasteiger partial charge >= 0.3 is 0 Å². The van der Waals surface area contributed by atoms with Gasteiger partial charge in [-0.1, -0.05) is 17.3 Å². The topological polar surface area (TPSA) is 125 Å². The zero-order chi connectivity index (χ0) is 18.7. The summed E-state index contributed by atoms with van der Waals surface area (Å²) in [5.41, 5.74) is 0.378. The standard InChI is InChI=1S/C16H13N3O6S/c1-26(22,23)14-7-5-13(6-8-14)24-10-15-17-16(18-25-15)11-3-2-4-12(9-11)19(20)21/h2-9H,10H2,1H3. The second-order valence-corrected chi connectivity index (χ2v) is 7.37. The molecular weight excluding hydrogens is 362 g/mol. The lowest BCUT2D eigenvalue weighted by Gasteiger charge is -2.04. The molecule has 9 nitrogen and oxygen atoms in total. The second-order valence-electron chi connectivity index (χ2n) is 5.35. The van der Waals surface area contributed by atoms with Crippen molar-refractivity contribution in [3.05, 3.63) is 64.5 Å². The van der Waals surface area contributed by atoms with E-state index in [4.69, 9.17) is 9.26 Å². The monoisotopic (exact) mass is 375 g/mol. The van der Waals surface area contributed by atoms with Crippen LogP contribution in [0.15, 0.2) is 57.9 Å². The van der Waals surface area contributed by atoms with Gasteiger partial charge in [0.15, 0.2) is 16.4 Å². The summed E-state index contributed by atoms with van der Waals surface area (Å²) in [5.74, 6) is 0.825. The number of benzene rings is 2. The average molecular weight is 375 g/mol. The number of hydrogen-bond donors (Lipinski definition) is 0. The number of non-ortho nitro benzene ring substituents is 1. The Labute approximate surface area is 148 Å². The summed E-state index contributed by atoms with van der Waals surface area (Å²) in [7, 11) is -3.27. The zero-order valence-corrected chi connectivity index (χ0v) is 14.3. The third kappa shape index (κ3) is 4.03. The molecule has 1 heterocycles. The van der Waals surface area contributed by atoms with Crippen LogP contribution in [0.2, 0.25) is 0 Å². The molecule has 3 aromatic rings. The summed E-state index contributed by atoms with van der Waals surface area (Å²) in [4.78, 5) is 14.6. The van der Waals surface area contributed by atoms with Crippen LogP contribution in [0.5, 0.6) is 5.75 Å². The van der Waals surface area contributed by atoms with E-state index in [0.29, 0.717) is 11.3 Å². The Morgan fingerprint density at radius 1 is 1.19 bits per heavy atom. The molecule has 0 amide bonds. The van der Waals surface area contributed by atoms with E-state index in [1.54, 1.807) is 6.07 Å². The first-order valence-electron chi connectivity index (χ1n) is 7.33. The predicted octanol–water partition coefficient (Wildman–Crippen LogP) is 2.63. The highest BCUT2D eigenvalue weighted by Gasteiger charge is 2.13. The van der Waals surface area contributed by atoms with E-state index in [9.17, 15) is 18.5 Å². The van der Waals surface area contributed by atoms with Crippen LogP contribution in [0, 0.1) is 10.1 Å². The van der Waals surface area contributed by atoms with Gasteiger partial charge < -0.3 is 9.26 Å². The molecule has 0 saturated carbocycles. The molecule has 0 aliphatic heterocycles. The van der Waals surface area contributed by atoms with Crippen molar-refractivity contribution in [1.29, 1.82) is 0 Å². The molecule has 0 saturated heterocycles. The first kappa shape index (κ1) is 17.5. The predicted molar refractivity (Wildman–Crippen MR) is 90.3 cm³/mol. The molecule has 2 aromatic carbocycles. The molecule has 0 N–H and O–H groups in total. The third-order valence-electron chi connectivity index (χ3n) is 3.40. The van der Waals surface area contributed by atoms with E-state index >= 15 is 0 Å². The van der Waals surface area contributed by atoms with Gasteiger partial charge in [0.2, 0.25) is 5.82 Å². The quantitative estimate of drug-likeness (QED) is 0.475. The molecule has 0 aliphatic rings. The molecule has 0 aliphatic carbocycles. The fraction of sp³-hybridized carbons (Fsp3) is 0.125. The van der Waals surface area contributed by atoms with Crippen LogP contribution < -0.4 is 4.74 Å². The van der Waals surface area contributed by atoms with Crippen molar-refractivity contribution in [2.45, 2.75) is 11.5 Å². The fourth-order valence-electron chi connectivity index (χ4n) is 2.12. The van der Waals surface area contributed by atoms with Crippen molar-refractivity contribution in [3.63, 3.8) is 0 Å². The first-order chi connectivity index (χ1) is 12.3. The summed E-state index contributed by atoms with van der Waals surface area (Å²) >= 11 is 0. The Balaban J connectivity index is 1.69. The number of nitrogens with zero attached hydrogens (tertiary/aromatic N) is 3. The molecule has 0 fully saturated rings. The number of hydrogen-bond acceptors (Lipinski definition) is 8. The van der Waals surface area contributed by atoms with Gasteiger partial charge in [0.25, 0.3) is 11.6 Å². The van der Waals surface area contributed by atoms with Crippen molar-refractivity contribution in [2.24, 2.45) is 0 Å². The van der Waals surface area contributed by atoms with Crippen LogP contribution in [-0.4, -0.2) is 29.7 Å². The van der Waals surface area contributed by atoms with Crippen LogP contribution in [0.1, 0.15) is 5.89 Å². The van der Waals surface area contributed by atoms with Crippen molar-refractivity contribution in [1.82, 2.24) is 10.1 Å². The van der Waals surface area contributed by atoms with E-state index in [2.05, 4.69) is 10.1 Å². The van der Waals surface area contributed by atoms with Crippen LogP contribution in [-0.2, 0) is 16.4 Å². The van der Waals surface area contributed by atoms with Crippen molar-refractivity contribution >= 4 is 15.5 Å². The molecule has 0 radical (unpaired) electrons. The largest absolute Gasteiger partial charge is 0.484 e. The van der Waals surface area contributed by atoms with Crippen LogP contribution in [0.3, 0.4) is 0 Å². The van der Waals surface area contributed by atoms with Crippen LogP contribution >= 0.6 is 0 Å². The van der Waals surface area contributed by atoms with Crippen molar-refractivity contribution in [3.8, 4) is 17.1 Å². The molecule has 26 heavy (non-hydrogen) atoms. The molecule has 1 aromatic heterocycles. The maximum atomic E-state index is 11.4. The molecule has 3 rings (SSSR count). The average Bonchev–Trinajstić information content (AvgIpc) is 3.09. The molecular formula is C16H13N3O6S. The zero-order valence-electron chi connectivity index (χ0n) is 13.5. The van der Waals surface area contributed by atoms with E-state index in [1.807, 2.05) is 0 Å². The van der Waals surface area contributed by atoms with Crippen molar-refractivity contribution in [2.75, 3.05) is 6.26 Å². The van der Waals surface area contributed by atoms with Gasteiger partial charge in [0, 0.05) is 24.0 Å². The number of ether oxygens (including phenoxy) is 1. The van der Waals surface area contributed by atoms with Gasteiger partial charge in [-0.2, -0.15) is 4.98 Å². The van der Waals surface area contributed by atoms with Gasteiger partial charge in [-0.15, -0.1) is 0 Å². The van der Waals surface area contributed by atoms with E-state index in [0.717, 1.165) is 6.26 Å². The molecule has 0 unspecified atom stereocenters. The maximum absolute atomic E-state index is 11.4. The molecule has 0 atom stereocenters. The smallest absolute Gasteiger partial charge is 0.270 e. The maximum Gasteiger partial charge on any atom is 0.270 e. The van der Waals surface area contributed by atoms with E-state index in [-0.39, 0.29) is 28.9 Å². The SMILES string of the molecule is CS(=O)(=O)c1ccc(OCc2nc(-c3cccc([N+](=O)[O-])c3)no2)cc1. The molecule has 0 bridgehead atoms. The second kappa shape index (κ2) is 6.92. The van der Waals surface area contributed by atoms with Crippen molar-refractivity contribution < 1.29 is 22.6 Å². The Morgan fingerprint density at radius 2 is 1.92 bits per heavy atom.